The zero-order chi connectivity index (χ0) is 21.3. The number of rotatable bonds is 5. The maximum Gasteiger partial charge on any atom is 0.321 e. The molecular weight excluding hydrogens is 380 g/mol. The van der Waals surface area contributed by atoms with E-state index in [4.69, 9.17) is 0 Å². The second-order valence-electron chi connectivity index (χ2n) is 8.97. The highest BCUT2D eigenvalue weighted by Gasteiger charge is 2.58. The molecule has 1 saturated carbocycles. The molecule has 2 N–H and O–H groups in total. The normalized spacial score (nSPS) is 22.6. The smallest absolute Gasteiger partial charge is 0.321 e. The molecule has 3 aliphatic rings. The predicted octanol–water partition coefficient (Wildman–Crippen LogP) is 3.00. The van der Waals surface area contributed by atoms with Gasteiger partial charge in [-0.2, -0.15) is 0 Å². The Labute approximate surface area is 177 Å². The SMILES string of the molecule is CC(C)/C=C/C(=O)N1CCC2(CC1)C[C@H]2C(=O)Nc1cccc(N2CCNC2=O)c1. The third-order valence-electron chi connectivity index (χ3n) is 6.48. The van der Waals surface area contributed by atoms with Crippen molar-refractivity contribution in [2.75, 3.05) is 36.4 Å². The van der Waals surface area contributed by atoms with Gasteiger partial charge in [-0.15, -0.1) is 0 Å². The lowest BCUT2D eigenvalue weighted by Crippen LogP contribution is -2.39. The van der Waals surface area contributed by atoms with Gasteiger partial charge in [0.25, 0.3) is 0 Å². The molecule has 2 heterocycles. The van der Waals surface area contributed by atoms with Crippen molar-refractivity contribution in [2.24, 2.45) is 17.3 Å². The number of nitrogens with zero attached hydrogens (tertiary/aromatic N) is 2. The first-order valence-electron chi connectivity index (χ1n) is 10.8. The molecule has 7 nitrogen and oxygen atoms in total. The first kappa shape index (κ1) is 20.4. The molecule has 1 aliphatic carbocycles. The minimum atomic E-state index is -0.107. The summed E-state index contributed by atoms with van der Waals surface area (Å²) in [6.07, 6.45) is 6.24. The summed E-state index contributed by atoms with van der Waals surface area (Å²) in [7, 11) is 0. The van der Waals surface area contributed by atoms with Crippen LogP contribution in [0.5, 0.6) is 0 Å². The lowest BCUT2D eigenvalue weighted by Gasteiger charge is -2.32. The van der Waals surface area contributed by atoms with Crippen LogP contribution >= 0.6 is 0 Å². The van der Waals surface area contributed by atoms with Crippen LogP contribution in [0.15, 0.2) is 36.4 Å². The zero-order valence-electron chi connectivity index (χ0n) is 17.7. The van der Waals surface area contributed by atoms with Gasteiger partial charge in [0.2, 0.25) is 11.8 Å². The van der Waals surface area contributed by atoms with E-state index in [0.717, 1.165) is 24.9 Å². The van der Waals surface area contributed by atoms with Crippen molar-refractivity contribution in [1.29, 1.82) is 0 Å². The Bertz CT molecular complexity index is 871. The summed E-state index contributed by atoms with van der Waals surface area (Å²) in [5.41, 5.74) is 1.54. The molecule has 1 spiro atoms. The monoisotopic (exact) mass is 410 g/mol. The first-order valence-corrected chi connectivity index (χ1v) is 10.8. The third kappa shape index (κ3) is 4.20. The first-order chi connectivity index (χ1) is 14.4. The number of carbonyl (C=O) groups is 3. The van der Waals surface area contributed by atoms with E-state index in [0.29, 0.717) is 37.8 Å². The molecule has 0 aromatic heterocycles. The van der Waals surface area contributed by atoms with Crippen molar-refractivity contribution in [3.8, 4) is 0 Å². The highest BCUT2D eigenvalue weighted by Crippen LogP contribution is 2.59. The van der Waals surface area contributed by atoms with Crippen LogP contribution in [0.3, 0.4) is 0 Å². The number of amides is 4. The van der Waals surface area contributed by atoms with Gasteiger partial charge in [0.05, 0.1) is 0 Å². The lowest BCUT2D eigenvalue weighted by molar-refractivity contribution is -0.127. The molecule has 2 saturated heterocycles. The van der Waals surface area contributed by atoms with Crippen molar-refractivity contribution in [2.45, 2.75) is 33.1 Å². The van der Waals surface area contributed by atoms with Crippen molar-refractivity contribution < 1.29 is 14.4 Å². The van der Waals surface area contributed by atoms with E-state index in [2.05, 4.69) is 24.5 Å². The molecule has 7 heteroatoms. The van der Waals surface area contributed by atoms with Crippen LogP contribution in [0, 0.1) is 17.3 Å². The number of piperidine rings is 1. The summed E-state index contributed by atoms with van der Waals surface area (Å²) < 4.78 is 0. The molecular formula is C23H30N4O3. The number of hydrogen-bond donors (Lipinski definition) is 2. The number of likely N-dealkylation sites (tertiary alicyclic amines) is 1. The van der Waals surface area contributed by atoms with Crippen LogP contribution in [-0.2, 0) is 9.59 Å². The maximum atomic E-state index is 12.8. The third-order valence-corrected chi connectivity index (χ3v) is 6.48. The van der Waals surface area contributed by atoms with Crippen LogP contribution in [-0.4, -0.2) is 48.9 Å². The topological polar surface area (TPSA) is 81.8 Å². The van der Waals surface area contributed by atoms with Crippen LogP contribution in [0.2, 0.25) is 0 Å². The van der Waals surface area contributed by atoms with Crippen molar-refractivity contribution >= 4 is 29.2 Å². The van der Waals surface area contributed by atoms with Gasteiger partial charge in [0.1, 0.15) is 0 Å². The number of anilines is 2. The van der Waals surface area contributed by atoms with Gasteiger partial charge >= 0.3 is 6.03 Å². The Kier molecular flexibility index (Phi) is 5.54. The van der Waals surface area contributed by atoms with Crippen LogP contribution < -0.4 is 15.5 Å². The number of hydrogen-bond acceptors (Lipinski definition) is 3. The van der Waals surface area contributed by atoms with E-state index < -0.39 is 0 Å². The summed E-state index contributed by atoms with van der Waals surface area (Å²) in [5.74, 6) is 0.472. The molecule has 30 heavy (non-hydrogen) atoms. The van der Waals surface area contributed by atoms with Crippen LogP contribution in [0.4, 0.5) is 16.2 Å². The number of benzene rings is 1. The molecule has 0 bridgehead atoms. The van der Waals surface area contributed by atoms with E-state index in [1.807, 2.05) is 35.2 Å². The summed E-state index contributed by atoms with van der Waals surface area (Å²) in [5, 5.41) is 5.82. The Hall–Kier alpha value is -2.83. The van der Waals surface area contributed by atoms with Crippen LogP contribution in [0.1, 0.15) is 33.1 Å². The Morgan fingerprint density at radius 2 is 2.00 bits per heavy atom. The van der Waals surface area contributed by atoms with Gasteiger partial charge in [-0.05, 0) is 54.9 Å². The summed E-state index contributed by atoms with van der Waals surface area (Å²) >= 11 is 0. The summed E-state index contributed by atoms with van der Waals surface area (Å²) in [6.45, 7) is 6.79. The van der Waals surface area contributed by atoms with Gasteiger partial charge in [0, 0.05) is 43.5 Å². The largest absolute Gasteiger partial charge is 0.339 e. The molecule has 1 aromatic rings. The molecule has 1 aromatic carbocycles. The number of urea groups is 1. The fourth-order valence-electron chi connectivity index (χ4n) is 4.52. The molecule has 2 aliphatic heterocycles. The van der Waals surface area contributed by atoms with Gasteiger partial charge < -0.3 is 15.5 Å². The van der Waals surface area contributed by atoms with Gasteiger partial charge in [0.15, 0.2) is 0 Å². The summed E-state index contributed by atoms with van der Waals surface area (Å²) in [4.78, 5) is 40.6. The van der Waals surface area contributed by atoms with E-state index in [-0.39, 0.29) is 29.2 Å². The highest BCUT2D eigenvalue weighted by atomic mass is 16.2. The summed E-state index contributed by atoms with van der Waals surface area (Å²) in [6, 6.07) is 7.32. The Morgan fingerprint density at radius 1 is 1.23 bits per heavy atom. The lowest BCUT2D eigenvalue weighted by atomic mass is 9.90. The maximum absolute atomic E-state index is 12.8. The molecule has 4 amide bonds. The molecule has 0 unspecified atom stereocenters. The fourth-order valence-corrected chi connectivity index (χ4v) is 4.52. The van der Waals surface area contributed by atoms with E-state index in [1.54, 1.807) is 11.0 Å². The molecule has 3 fully saturated rings. The number of allylic oxidation sites excluding steroid dienone is 1. The molecule has 4 rings (SSSR count). The predicted molar refractivity (Wildman–Crippen MR) is 116 cm³/mol. The quantitative estimate of drug-likeness (QED) is 0.732. The molecule has 1 atom stereocenters. The highest BCUT2D eigenvalue weighted by molar-refractivity contribution is 5.97. The van der Waals surface area contributed by atoms with E-state index >= 15 is 0 Å². The number of nitrogens with one attached hydrogen (secondary N) is 2. The molecule has 160 valence electrons. The van der Waals surface area contributed by atoms with E-state index in [9.17, 15) is 14.4 Å². The Balaban J connectivity index is 1.31. The molecule has 0 radical (unpaired) electrons. The van der Waals surface area contributed by atoms with Crippen molar-refractivity contribution in [3.05, 3.63) is 36.4 Å². The van der Waals surface area contributed by atoms with Gasteiger partial charge in [-0.3, -0.25) is 14.5 Å². The van der Waals surface area contributed by atoms with E-state index in [1.165, 1.54) is 0 Å². The fraction of sp³-hybridized carbons (Fsp3) is 0.522. The van der Waals surface area contributed by atoms with Gasteiger partial charge in [-0.25, -0.2) is 4.79 Å². The average Bonchev–Trinajstić information content (AvgIpc) is 3.25. The minimum absolute atomic E-state index is 0.000278. The van der Waals surface area contributed by atoms with Crippen molar-refractivity contribution in [1.82, 2.24) is 10.2 Å². The Morgan fingerprint density at radius 3 is 2.67 bits per heavy atom. The number of carbonyl (C=O) groups excluding carboxylic acids is 3. The van der Waals surface area contributed by atoms with Crippen LogP contribution in [0.25, 0.3) is 0 Å². The standard InChI is InChI=1S/C23H30N4O3/c1-16(2)6-7-20(28)26-11-8-23(9-12-26)15-19(23)21(29)25-17-4-3-5-18(14-17)27-13-10-24-22(27)30/h3-7,14,16,19H,8-13,15H2,1-2H3,(H,24,30)(H,25,29)/b7-6+/t19-/m0/s1. The zero-order valence-corrected chi connectivity index (χ0v) is 17.7. The second-order valence-corrected chi connectivity index (χ2v) is 8.97. The minimum Gasteiger partial charge on any atom is -0.339 e. The average molecular weight is 411 g/mol. The van der Waals surface area contributed by atoms with Crippen molar-refractivity contribution in [3.63, 3.8) is 0 Å². The van der Waals surface area contributed by atoms with Gasteiger partial charge in [-0.1, -0.05) is 26.0 Å². The second kappa shape index (κ2) is 8.13.